The number of carbonyl (C=O) groups is 2. The molecule has 6 nitrogen and oxygen atoms in total. The lowest BCUT2D eigenvalue weighted by Crippen LogP contribution is -2.41. The van der Waals surface area contributed by atoms with Crippen LogP contribution in [-0.2, 0) is 14.3 Å². The second kappa shape index (κ2) is 11.1. The fourth-order valence-electron chi connectivity index (χ4n) is 3.93. The van der Waals surface area contributed by atoms with E-state index in [0.717, 1.165) is 23.7 Å². The molecule has 2 aliphatic rings. The van der Waals surface area contributed by atoms with Crippen molar-refractivity contribution >= 4 is 28.8 Å². The minimum Gasteiger partial charge on any atom is -0.459 e. The predicted octanol–water partition coefficient (Wildman–Crippen LogP) is 6.18. The lowest BCUT2D eigenvalue weighted by Gasteiger charge is -2.37. The molecule has 0 saturated heterocycles. The number of allylic oxidation sites excluding steroid dienone is 1. The Morgan fingerprint density at radius 3 is 2.31 bits per heavy atom. The molecule has 0 aromatic heterocycles. The Kier molecular flexibility index (Phi) is 8.59. The molecular weight excluding hydrogens is 491 g/mol. The Morgan fingerprint density at radius 1 is 1.14 bits per heavy atom. The van der Waals surface area contributed by atoms with Gasteiger partial charge in [-0.15, -0.1) is 0 Å². The van der Waals surface area contributed by atoms with E-state index < -0.39 is 35.6 Å². The van der Waals surface area contributed by atoms with Crippen LogP contribution in [-0.4, -0.2) is 40.3 Å². The van der Waals surface area contributed by atoms with Crippen molar-refractivity contribution in [3.63, 3.8) is 0 Å². The van der Waals surface area contributed by atoms with Crippen molar-refractivity contribution in [2.24, 2.45) is 4.99 Å². The second-order valence-corrected chi connectivity index (χ2v) is 10.3. The summed E-state index contributed by atoms with van der Waals surface area (Å²) in [6.07, 6.45) is -4.83. The molecule has 1 amide bonds. The van der Waals surface area contributed by atoms with Crippen molar-refractivity contribution in [1.82, 2.24) is 10.2 Å². The molecule has 1 N–H and O–H groups in total. The number of nitrogens with one attached hydrogen (secondary N) is 1. The molecule has 3 rings (SSSR count). The summed E-state index contributed by atoms with van der Waals surface area (Å²) in [7, 11) is 0. The van der Waals surface area contributed by atoms with Crippen LogP contribution in [0.1, 0.15) is 77.5 Å². The van der Waals surface area contributed by atoms with E-state index >= 15 is 0 Å². The molecule has 1 aromatic rings. The molecule has 36 heavy (non-hydrogen) atoms. The molecule has 2 atom stereocenters. The fourth-order valence-corrected chi connectivity index (χ4v) is 4.85. The lowest BCUT2D eigenvalue weighted by atomic mass is 9.91. The van der Waals surface area contributed by atoms with Gasteiger partial charge in [0.1, 0.15) is 0 Å². The third-order valence-corrected chi connectivity index (χ3v) is 6.81. The first-order valence-electron chi connectivity index (χ1n) is 12.0. The van der Waals surface area contributed by atoms with E-state index in [1.807, 2.05) is 39.8 Å². The highest BCUT2D eigenvalue weighted by atomic mass is 32.2. The van der Waals surface area contributed by atoms with Crippen LogP contribution in [0.5, 0.6) is 0 Å². The van der Waals surface area contributed by atoms with Gasteiger partial charge in [-0.2, -0.15) is 13.2 Å². The minimum atomic E-state index is -4.88. The van der Waals surface area contributed by atoms with Gasteiger partial charge in [0.2, 0.25) is 5.91 Å². The number of alkyl halides is 3. The molecule has 0 unspecified atom stereocenters. The van der Waals surface area contributed by atoms with Crippen LogP contribution >= 0.6 is 11.8 Å². The van der Waals surface area contributed by atoms with Crippen LogP contribution in [0.25, 0.3) is 0 Å². The smallest absolute Gasteiger partial charge is 0.434 e. The van der Waals surface area contributed by atoms with Crippen molar-refractivity contribution in [2.45, 2.75) is 84.7 Å². The zero-order valence-electron chi connectivity index (χ0n) is 21.3. The quantitative estimate of drug-likeness (QED) is 0.412. The highest BCUT2D eigenvalue weighted by Crippen LogP contribution is 2.48. The summed E-state index contributed by atoms with van der Waals surface area (Å²) in [4.78, 5) is 31.2. The molecule has 2 heterocycles. The van der Waals surface area contributed by atoms with Gasteiger partial charge >= 0.3 is 12.1 Å². The van der Waals surface area contributed by atoms with E-state index in [1.165, 1.54) is 0 Å². The maximum atomic E-state index is 14.2. The summed E-state index contributed by atoms with van der Waals surface area (Å²) < 4.78 is 47.9. The van der Waals surface area contributed by atoms with E-state index in [2.05, 4.69) is 10.3 Å². The van der Waals surface area contributed by atoms with Gasteiger partial charge in [0.15, 0.2) is 10.9 Å². The minimum absolute atomic E-state index is 0.0469. The first kappa shape index (κ1) is 27.8. The number of nitrogens with zero attached hydrogens (tertiary/aromatic N) is 2. The van der Waals surface area contributed by atoms with E-state index in [9.17, 15) is 22.8 Å². The largest absolute Gasteiger partial charge is 0.459 e. The van der Waals surface area contributed by atoms with Gasteiger partial charge < -0.3 is 15.0 Å². The molecule has 10 heteroatoms. The predicted molar refractivity (Wildman–Crippen MR) is 135 cm³/mol. The summed E-state index contributed by atoms with van der Waals surface area (Å²) in [5.74, 6) is -1.13. The molecule has 0 spiro atoms. The topological polar surface area (TPSA) is 71.0 Å². The maximum Gasteiger partial charge on any atom is 0.434 e. The average molecular weight is 524 g/mol. The van der Waals surface area contributed by atoms with Crippen molar-refractivity contribution < 1.29 is 27.5 Å². The number of aliphatic imine (C=N–C) groups is 1. The van der Waals surface area contributed by atoms with Gasteiger partial charge in [-0.05, 0) is 49.6 Å². The monoisotopic (exact) mass is 523 g/mol. The van der Waals surface area contributed by atoms with Crippen LogP contribution in [0.3, 0.4) is 0 Å². The Labute approximate surface area is 214 Å². The molecular formula is C26H32F3N3O3S. The first-order valence-corrected chi connectivity index (χ1v) is 12.9. The van der Waals surface area contributed by atoms with Gasteiger partial charge in [0, 0.05) is 11.7 Å². The number of carbonyl (C=O) groups excluding carboxylic acids is 2. The van der Waals surface area contributed by atoms with Gasteiger partial charge in [-0.3, -0.25) is 4.79 Å². The average Bonchev–Trinajstić information content (AvgIpc) is 3.19. The third-order valence-electron chi connectivity index (χ3n) is 5.92. The van der Waals surface area contributed by atoms with Crippen LogP contribution in [0.4, 0.5) is 13.2 Å². The van der Waals surface area contributed by atoms with Gasteiger partial charge in [-0.1, -0.05) is 56.8 Å². The summed E-state index contributed by atoms with van der Waals surface area (Å²) in [5.41, 5.74) is 0.0827. The molecule has 0 bridgehead atoms. The van der Waals surface area contributed by atoms with Gasteiger partial charge in [0.05, 0.1) is 24.1 Å². The van der Waals surface area contributed by atoms with Crippen LogP contribution < -0.4 is 5.32 Å². The summed E-state index contributed by atoms with van der Waals surface area (Å²) in [6, 6.07) is 5.92. The number of hydrogen-bond acceptors (Lipinski definition) is 6. The van der Waals surface area contributed by atoms with E-state index in [4.69, 9.17) is 4.74 Å². The van der Waals surface area contributed by atoms with Crippen molar-refractivity contribution in [3.05, 3.63) is 57.8 Å². The molecule has 0 radical (unpaired) electrons. The molecule has 0 fully saturated rings. The Balaban J connectivity index is 2.14. The Bertz CT molecular complexity index is 1090. The maximum absolute atomic E-state index is 14.2. The van der Waals surface area contributed by atoms with Crippen molar-refractivity contribution in [2.75, 3.05) is 0 Å². The number of halogens is 3. The number of amidine groups is 1. The number of esters is 1. The molecule has 0 aliphatic carbocycles. The highest BCUT2D eigenvalue weighted by Gasteiger charge is 2.49. The standard InChI is InChI=1S/C26H32F3N3O3S/c1-7-16(6)30-20(33)12-19-13-36-25-31-23(26(27,28)29)21(24(34)35-15(4)5)22(32(19)25)18-10-8-17(9-11-18)14(2)3/h8-11,13-16,22H,7,12H2,1-6H3,(H,30,33)/t16-,22-/m0/s1. The van der Waals surface area contributed by atoms with E-state index in [1.54, 1.807) is 36.3 Å². The highest BCUT2D eigenvalue weighted by molar-refractivity contribution is 8.16. The molecule has 196 valence electrons. The Morgan fingerprint density at radius 2 is 1.78 bits per heavy atom. The summed E-state index contributed by atoms with van der Waals surface area (Å²) >= 11 is 1.00. The number of thioether (sulfide) groups is 1. The summed E-state index contributed by atoms with van der Waals surface area (Å²) in [6.45, 7) is 11.0. The third kappa shape index (κ3) is 6.14. The first-order chi connectivity index (χ1) is 16.8. The number of ether oxygens (including phenoxy) is 1. The van der Waals surface area contributed by atoms with Gasteiger partial charge in [0.25, 0.3) is 0 Å². The number of amides is 1. The molecule has 2 aliphatic heterocycles. The molecule has 1 aromatic carbocycles. The zero-order valence-corrected chi connectivity index (χ0v) is 22.1. The zero-order chi connectivity index (χ0) is 26.8. The number of fused-ring (bicyclic) bond motifs is 1. The van der Waals surface area contributed by atoms with Crippen molar-refractivity contribution in [3.8, 4) is 0 Å². The van der Waals surface area contributed by atoms with Crippen molar-refractivity contribution in [1.29, 1.82) is 0 Å². The summed E-state index contributed by atoms with van der Waals surface area (Å²) in [5, 5.41) is 4.56. The fraction of sp³-hybridized carbons (Fsp3) is 0.500. The van der Waals surface area contributed by atoms with Crippen LogP contribution in [0.15, 0.2) is 51.6 Å². The van der Waals surface area contributed by atoms with Crippen LogP contribution in [0.2, 0.25) is 0 Å². The number of benzene rings is 1. The molecule has 0 saturated carbocycles. The van der Waals surface area contributed by atoms with Crippen LogP contribution in [0, 0.1) is 0 Å². The number of hydrogen-bond donors (Lipinski definition) is 1. The normalized spacial score (nSPS) is 18.8. The Hall–Kier alpha value is -2.75. The second-order valence-electron chi connectivity index (χ2n) is 9.48. The SMILES string of the molecule is CC[C@H](C)NC(=O)CC1=CSC2=NC(C(F)(F)F)=C(C(=O)OC(C)C)[C@H](c3ccc(C(C)C)cc3)N12. The lowest BCUT2D eigenvalue weighted by molar-refractivity contribution is -0.144. The van der Waals surface area contributed by atoms with Gasteiger partial charge in [-0.25, -0.2) is 9.79 Å². The number of rotatable bonds is 8. The van der Waals surface area contributed by atoms with E-state index in [-0.39, 0.29) is 29.5 Å². The van der Waals surface area contributed by atoms with E-state index in [0.29, 0.717) is 11.3 Å².